The van der Waals surface area contributed by atoms with Crippen molar-refractivity contribution in [3.05, 3.63) is 36.5 Å². The molecule has 0 aliphatic carbocycles. The first-order valence-electron chi connectivity index (χ1n) is 5.24. The van der Waals surface area contributed by atoms with E-state index in [-0.39, 0.29) is 5.69 Å². The largest absolute Gasteiger partial charge is 0.383 e. The van der Waals surface area contributed by atoms with Gasteiger partial charge in [0.05, 0.1) is 11.2 Å². The van der Waals surface area contributed by atoms with Gasteiger partial charge in [-0.2, -0.15) is 8.78 Å². The quantitative estimate of drug-likeness (QED) is 0.872. The van der Waals surface area contributed by atoms with E-state index in [0.29, 0.717) is 10.9 Å². The number of anilines is 1. The van der Waals surface area contributed by atoms with Crippen LogP contribution in [0.1, 0.15) is 0 Å². The monoisotopic (exact) mass is 272 g/mol. The Balaban J connectivity index is 2.35. The molecule has 0 fully saturated rings. The Morgan fingerprint density at radius 1 is 1.21 bits per heavy atom. The Kier molecular flexibility index (Phi) is 3.37. The van der Waals surface area contributed by atoms with Crippen molar-refractivity contribution in [3.63, 3.8) is 0 Å². The minimum atomic E-state index is -4.73. The summed E-state index contributed by atoms with van der Waals surface area (Å²) in [5, 5.41) is 2.19. The Morgan fingerprint density at radius 3 is 2.63 bits per heavy atom. The molecule has 1 aromatic heterocycles. The summed E-state index contributed by atoms with van der Waals surface area (Å²) in [5.74, 6) is -6.77. The van der Waals surface area contributed by atoms with Crippen molar-refractivity contribution in [1.82, 2.24) is 4.98 Å². The predicted molar refractivity (Wildman–Crippen MR) is 61.3 cm³/mol. The van der Waals surface area contributed by atoms with Gasteiger partial charge in [0.15, 0.2) is 0 Å². The molecule has 2 rings (SSSR count). The van der Waals surface area contributed by atoms with Gasteiger partial charge in [0.2, 0.25) is 0 Å². The van der Waals surface area contributed by atoms with Crippen LogP contribution in [-0.2, 0) is 4.79 Å². The molecule has 3 nitrogen and oxygen atoms in total. The van der Waals surface area contributed by atoms with Crippen LogP contribution in [-0.4, -0.2) is 23.2 Å². The first-order valence-corrected chi connectivity index (χ1v) is 5.24. The molecule has 7 heteroatoms. The molecule has 1 N–H and O–H groups in total. The molecule has 0 unspecified atom stereocenters. The summed E-state index contributed by atoms with van der Waals surface area (Å²) >= 11 is 0. The molecular weight excluding hydrogens is 264 g/mol. The number of pyridine rings is 1. The third kappa shape index (κ3) is 2.49. The van der Waals surface area contributed by atoms with Crippen LogP contribution in [0.4, 0.5) is 23.2 Å². The molecule has 0 radical (unpaired) electrons. The lowest BCUT2D eigenvalue weighted by Gasteiger charge is -2.15. The molecule has 100 valence electrons. The van der Waals surface area contributed by atoms with E-state index in [1.54, 1.807) is 23.5 Å². The van der Waals surface area contributed by atoms with Crippen LogP contribution in [0.15, 0.2) is 36.5 Å². The minimum Gasteiger partial charge on any atom is -0.320 e. The molecule has 0 spiro atoms. The van der Waals surface area contributed by atoms with Gasteiger partial charge in [-0.3, -0.25) is 9.78 Å². The number of nitrogens with zero attached hydrogens (tertiary/aromatic N) is 1. The van der Waals surface area contributed by atoms with Crippen LogP contribution in [0.25, 0.3) is 10.9 Å². The molecule has 0 bridgehead atoms. The lowest BCUT2D eigenvalue weighted by molar-refractivity contribution is -0.163. The van der Waals surface area contributed by atoms with Crippen molar-refractivity contribution in [2.24, 2.45) is 0 Å². The third-order valence-corrected chi connectivity index (χ3v) is 2.47. The number of hydrogen-bond acceptors (Lipinski definition) is 2. The summed E-state index contributed by atoms with van der Waals surface area (Å²) in [6, 6.07) is 7.51. The number of carbonyl (C=O) groups is 1. The smallest absolute Gasteiger partial charge is 0.320 e. The Bertz CT molecular complexity index is 610. The van der Waals surface area contributed by atoms with Gasteiger partial charge in [-0.05, 0) is 24.3 Å². The molecule has 2 aromatic rings. The number of nitrogens with one attached hydrogen (secondary N) is 1. The summed E-state index contributed by atoms with van der Waals surface area (Å²) < 4.78 is 49.8. The summed E-state index contributed by atoms with van der Waals surface area (Å²) in [4.78, 5) is 15.1. The zero-order valence-electron chi connectivity index (χ0n) is 9.41. The van der Waals surface area contributed by atoms with Gasteiger partial charge in [0, 0.05) is 11.6 Å². The molecule has 0 saturated carbocycles. The molecule has 0 saturated heterocycles. The number of rotatable bonds is 3. The van der Waals surface area contributed by atoms with Crippen molar-refractivity contribution < 1.29 is 22.4 Å². The second-order valence-corrected chi connectivity index (χ2v) is 3.75. The first kappa shape index (κ1) is 13.3. The van der Waals surface area contributed by atoms with Crippen LogP contribution < -0.4 is 5.32 Å². The lowest BCUT2D eigenvalue weighted by Crippen LogP contribution is -2.41. The van der Waals surface area contributed by atoms with E-state index in [4.69, 9.17) is 0 Å². The Hall–Kier alpha value is -2.18. The van der Waals surface area contributed by atoms with Gasteiger partial charge >= 0.3 is 18.3 Å². The Labute approximate surface area is 105 Å². The van der Waals surface area contributed by atoms with Crippen LogP contribution in [0, 0.1) is 0 Å². The summed E-state index contributed by atoms with van der Waals surface area (Å²) in [7, 11) is 0. The fraction of sp³-hybridized carbons (Fsp3) is 0.167. The number of amides is 1. The summed E-state index contributed by atoms with van der Waals surface area (Å²) in [6.45, 7) is 0. The zero-order valence-corrected chi connectivity index (χ0v) is 9.41. The fourth-order valence-electron chi connectivity index (χ4n) is 1.52. The minimum absolute atomic E-state index is 0.0101. The number of alkyl halides is 4. The van der Waals surface area contributed by atoms with Gasteiger partial charge in [-0.1, -0.05) is 6.07 Å². The second-order valence-electron chi connectivity index (χ2n) is 3.75. The van der Waals surface area contributed by atoms with Crippen LogP contribution in [0.2, 0.25) is 0 Å². The first-order chi connectivity index (χ1) is 8.93. The van der Waals surface area contributed by atoms with Crippen molar-refractivity contribution in [2.45, 2.75) is 12.3 Å². The van der Waals surface area contributed by atoms with Crippen LogP contribution >= 0.6 is 0 Å². The maximum absolute atomic E-state index is 12.8. The highest BCUT2D eigenvalue weighted by atomic mass is 19.3. The third-order valence-electron chi connectivity index (χ3n) is 2.47. The topological polar surface area (TPSA) is 42.0 Å². The van der Waals surface area contributed by atoms with Crippen molar-refractivity contribution in [3.8, 4) is 0 Å². The number of fused-ring (bicyclic) bond motifs is 1. The summed E-state index contributed by atoms with van der Waals surface area (Å²) in [5.41, 5.74) is 0.469. The molecule has 0 atom stereocenters. The van der Waals surface area contributed by atoms with E-state index < -0.39 is 18.3 Å². The van der Waals surface area contributed by atoms with Gasteiger partial charge in [0.1, 0.15) is 0 Å². The molecular formula is C12H8F4N2O. The number of benzene rings is 1. The van der Waals surface area contributed by atoms with E-state index in [1.165, 1.54) is 18.3 Å². The summed E-state index contributed by atoms with van der Waals surface area (Å²) in [6.07, 6.45) is -2.57. The Morgan fingerprint density at radius 2 is 1.95 bits per heavy atom. The van der Waals surface area contributed by atoms with Crippen molar-refractivity contribution >= 4 is 22.5 Å². The van der Waals surface area contributed by atoms with Crippen LogP contribution in [0.5, 0.6) is 0 Å². The normalized spacial score (nSPS) is 11.8. The fourth-order valence-corrected chi connectivity index (χ4v) is 1.52. The number of hydrogen-bond donors (Lipinski definition) is 1. The second kappa shape index (κ2) is 4.83. The van der Waals surface area contributed by atoms with Crippen LogP contribution in [0.3, 0.4) is 0 Å². The highest BCUT2D eigenvalue weighted by Gasteiger charge is 2.49. The highest BCUT2D eigenvalue weighted by Crippen LogP contribution is 2.27. The average molecular weight is 272 g/mol. The molecule has 1 aromatic carbocycles. The van der Waals surface area contributed by atoms with Gasteiger partial charge in [0.25, 0.3) is 0 Å². The van der Waals surface area contributed by atoms with E-state index in [2.05, 4.69) is 4.98 Å². The van der Waals surface area contributed by atoms with Gasteiger partial charge < -0.3 is 5.32 Å². The predicted octanol–water partition coefficient (Wildman–Crippen LogP) is 3.07. The number of carbonyl (C=O) groups excluding carboxylic acids is 1. The van der Waals surface area contributed by atoms with Crippen molar-refractivity contribution in [2.75, 3.05) is 5.32 Å². The maximum Gasteiger partial charge on any atom is 0.383 e. The van der Waals surface area contributed by atoms with Gasteiger partial charge in [-0.25, -0.2) is 8.78 Å². The molecule has 19 heavy (non-hydrogen) atoms. The van der Waals surface area contributed by atoms with Crippen molar-refractivity contribution in [1.29, 1.82) is 0 Å². The zero-order chi connectivity index (χ0) is 14.0. The van der Waals surface area contributed by atoms with E-state index in [9.17, 15) is 22.4 Å². The van der Waals surface area contributed by atoms with E-state index >= 15 is 0 Å². The highest BCUT2D eigenvalue weighted by molar-refractivity contribution is 6.03. The van der Waals surface area contributed by atoms with E-state index in [1.807, 2.05) is 0 Å². The molecule has 1 heterocycles. The number of halogens is 4. The van der Waals surface area contributed by atoms with Gasteiger partial charge in [-0.15, -0.1) is 0 Å². The molecule has 0 aliphatic rings. The van der Waals surface area contributed by atoms with E-state index in [0.717, 1.165) is 0 Å². The number of aromatic nitrogens is 1. The molecule has 1 amide bonds. The SMILES string of the molecule is O=C(Nc1cccc2ncccc12)C(F)(F)C(F)F. The molecule has 0 aliphatic heterocycles. The lowest BCUT2D eigenvalue weighted by atomic mass is 10.1. The standard InChI is InChI=1S/C12H8F4N2O/c13-10(14)12(15,16)11(19)18-9-5-1-4-8-7(9)3-2-6-17-8/h1-6,10H,(H,18,19). The maximum atomic E-state index is 12.8. The average Bonchev–Trinajstić information content (AvgIpc) is 2.39.